The summed E-state index contributed by atoms with van der Waals surface area (Å²) in [4.78, 5) is 15.8. The van der Waals surface area contributed by atoms with E-state index < -0.39 is 0 Å². The molecule has 0 fully saturated rings. The van der Waals surface area contributed by atoms with E-state index in [1.807, 2.05) is 29.1 Å². The topological polar surface area (TPSA) is 59.8 Å². The van der Waals surface area contributed by atoms with Gasteiger partial charge in [-0.1, -0.05) is 24.3 Å². The van der Waals surface area contributed by atoms with Gasteiger partial charge in [0.25, 0.3) is 5.91 Å². The number of carbonyl (C=O) groups is 1. The maximum absolute atomic E-state index is 11.8. The molecule has 2 aromatic heterocycles. The van der Waals surface area contributed by atoms with Crippen molar-refractivity contribution in [1.29, 1.82) is 0 Å². The number of nitrogens with zero attached hydrogens (tertiary/aromatic N) is 3. The highest BCUT2D eigenvalue weighted by Gasteiger charge is 2.05. The number of aryl methyl sites for hydroxylation is 1. The third-order valence-electron chi connectivity index (χ3n) is 3.28. The first kappa shape index (κ1) is 13.3. The van der Waals surface area contributed by atoms with Crippen LogP contribution in [-0.4, -0.2) is 27.2 Å². The zero-order valence-electron chi connectivity index (χ0n) is 11.6. The van der Waals surface area contributed by atoms with Gasteiger partial charge in [0.2, 0.25) is 0 Å². The van der Waals surface area contributed by atoms with Crippen LogP contribution >= 0.6 is 0 Å². The molecule has 0 aliphatic carbocycles. The van der Waals surface area contributed by atoms with Crippen LogP contribution in [0.4, 0.5) is 0 Å². The summed E-state index contributed by atoms with van der Waals surface area (Å²) < 4.78 is 1.96. The lowest BCUT2D eigenvalue weighted by Gasteiger charge is -2.06. The Hall–Kier alpha value is -2.69. The van der Waals surface area contributed by atoms with E-state index in [0.717, 1.165) is 23.9 Å². The molecule has 0 radical (unpaired) electrons. The van der Waals surface area contributed by atoms with Crippen LogP contribution in [0.1, 0.15) is 16.9 Å². The maximum Gasteiger partial charge on any atom is 0.269 e. The molecule has 0 saturated carbocycles. The van der Waals surface area contributed by atoms with Crippen molar-refractivity contribution in [2.75, 3.05) is 6.54 Å². The number of hydrogen-bond acceptors (Lipinski definition) is 3. The molecule has 0 bridgehead atoms. The molecule has 21 heavy (non-hydrogen) atoms. The Kier molecular flexibility index (Phi) is 3.91. The zero-order valence-corrected chi connectivity index (χ0v) is 11.6. The highest BCUT2D eigenvalue weighted by atomic mass is 16.1. The standard InChI is InChI=1S/C16H16N4O/c21-16(14-7-3-4-9-17-14)18-10-5-11-20-15-8-2-1-6-13(15)12-19-20/h1-4,6-9,12H,5,10-11H2,(H,18,21). The van der Waals surface area contributed by atoms with Crippen molar-refractivity contribution in [3.8, 4) is 0 Å². The Morgan fingerprint density at radius 1 is 1.14 bits per heavy atom. The summed E-state index contributed by atoms with van der Waals surface area (Å²) in [5.41, 5.74) is 1.57. The average Bonchev–Trinajstić information content (AvgIpc) is 2.95. The van der Waals surface area contributed by atoms with Crippen molar-refractivity contribution in [2.45, 2.75) is 13.0 Å². The van der Waals surface area contributed by atoms with Crippen LogP contribution in [-0.2, 0) is 6.54 Å². The van der Waals surface area contributed by atoms with Crippen molar-refractivity contribution in [2.24, 2.45) is 0 Å². The molecule has 5 heteroatoms. The van der Waals surface area contributed by atoms with Crippen LogP contribution < -0.4 is 5.32 Å². The lowest BCUT2D eigenvalue weighted by molar-refractivity contribution is 0.0947. The van der Waals surface area contributed by atoms with E-state index in [4.69, 9.17) is 0 Å². The smallest absolute Gasteiger partial charge is 0.269 e. The number of benzene rings is 1. The lowest BCUT2D eigenvalue weighted by Crippen LogP contribution is -2.26. The van der Waals surface area contributed by atoms with Gasteiger partial charge in [0.1, 0.15) is 5.69 Å². The summed E-state index contributed by atoms with van der Waals surface area (Å²) in [6.07, 6.45) is 4.30. The first-order chi connectivity index (χ1) is 10.3. The number of para-hydroxylation sites is 1. The molecule has 3 rings (SSSR count). The number of rotatable bonds is 5. The highest BCUT2D eigenvalue weighted by molar-refractivity contribution is 5.92. The van der Waals surface area contributed by atoms with Gasteiger partial charge in [-0.25, -0.2) is 0 Å². The Morgan fingerprint density at radius 3 is 2.86 bits per heavy atom. The highest BCUT2D eigenvalue weighted by Crippen LogP contribution is 2.12. The van der Waals surface area contributed by atoms with Crippen LogP contribution in [0.2, 0.25) is 0 Å². The van der Waals surface area contributed by atoms with E-state index in [9.17, 15) is 4.79 Å². The van der Waals surface area contributed by atoms with Crippen molar-refractivity contribution in [3.05, 3.63) is 60.6 Å². The van der Waals surface area contributed by atoms with Crippen molar-refractivity contribution < 1.29 is 4.79 Å². The molecule has 1 aromatic carbocycles. The first-order valence-electron chi connectivity index (χ1n) is 6.94. The summed E-state index contributed by atoms with van der Waals surface area (Å²) in [5, 5.41) is 8.36. The number of hydrogen-bond donors (Lipinski definition) is 1. The molecule has 1 amide bonds. The Bertz CT molecular complexity index is 736. The van der Waals surface area contributed by atoms with Crippen LogP contribution in [0.15, 0.2) is 54.9 Å². The third kappa shape index (κ3) is 3.08. The van der Waals surface area contributed by atoms with Gasteiger partial charge < -0.3 is 5.32 Å². The molecular formula is C16H16N4O. The van der Waals surface area contributed by atoms with Gasteiger partial charge in [0.05, 0.1) is 11.7 Å². The minimum Gasteiger partial charge on any atom is -0.351 e. The largest absolute Gasteiger partial charge is 0.351 e. The predicted molar refractivity (Wildman–Crippen MR) is 80.9 cm³/mol. The van der Waals surface area contributed by atoms with Crippen molar-refractivity contribution >= 4 is 16.8 Å². The maximum atomic E-state index is 11.8. The fraction of sp³-hybridized carbons (Fsp3) is 0.188. The average molecular weight is 280 g/mol. The summed E-state index contributed by atoms with van der Waals surface area (Å²) in [6.45, 7) is 1.37. The molecule has 0 unspecified atom stereocenters. The molecule has 3 aromatic rings. The summed E-state index contributed by atoms with van der Waals surface area (Å²) in [5.74, 6) is -0.138. The fourth-order valence-corrected chi connectivity index (χ4v) is 2.22. The summed E-state index contributed by atoms with van der Waals surface area (Å²) in [6, 6.07) is 13.4. The molecule has 1 N–H and O–H groups in total. The van der Waals surface area contributed by atoms with Gasteiger partial charge in [-0.2, -0.15) is 5.10 Å². The normalized spacial score (nSPS) is 10.7. The van der Waals surface area contributed by atoms with Crippen molar-refractivity contribution in [3.63, 3.8) is 0 Å². The molecule has 106 valence electrons. The van der Waals surface area contributed by atoms with E-state index in [0.29, 0.717) is 12.2 Å². The molecule has 0 spiro atoms. The van der Waals surface area contributed by atoms with Crippen molar-refractivity contribution in [1.82, 2.24) is 20.1 Å². The van der Waals surface area contributed by atoms with E-state index in [2.05, 4.69) is 21.5 Å². The second kappa shape index (κ2) is 6.17. The summed E-state index contributed by atoms with van der Waals surface area (Å²) >= 11 is 0. The number of fused-ring (bicyclic) bond motifs is 1. The Labute approximate surface area is 122 Å². The first-order valence-corrected chi connectivity index (χ1v) is 6.94. The Balaban J connectivity index is 1.52. The van der Waals surface area contributed by atoms with Crippen LogP contribution in [0, 0.1) is 0 Å². The van der Waals surface area contributed by atoms with E-state index in [1.165, 1.54) is 0 Å². The third-order valence-corrected chi connectivity index (χ3v) is 3.28. The van der Waals surface area contributed by atoms with Gasteiger partial charge >= 0.3 is 0 Å². The fourth-order valence-electron chi connectivity index (χ4n) is 2.22. The van der Waals surface area contributed by atoms with Gasteiger partial charge in [-0.3, -0.25) is 14.5 Å². The molecule has 0 aliphatic heterocycles. The van der Waals surface area contributed by atoms with Crippen LogP contribution in [0.3, 0.4) is 0 Å². The molecular weight excluding hydrogens is 264 g/mol. The predicted octanol–water partition coefficient (Wildman–Crippen LogP) is 2.25. The van der Waals surface area contributed by atoms with E-state index in [-0.39, 0.29) is 5.91 Å². The number of aromatic nitrogens is 3. The minimum atomic E-state index is -0.138. The number of nitrogens with one attached hydrogen (secondary N) is 1. The number of carbonyl (C=O) groups excluding carboxylic acids is 1. The van der Waals surface area contributed by atoms with Crippen LogP contribution in [0.5, 0.6) is 0 Å². The summed E-state index contributed by atoms with van der Waals surface area (Å²) in [7, 11) is 0. The monoisotopic (exact) mass is 280 g/mol. The quantitative estimate of drug-likeness (QED) is 0.729. The lowest BCUT2D eigenvalue weighted by atomic mass is 10.2. The zero-order chi connectivity index (χ0) is 14.5. The Morgan fingerprint density at radius 2 is 2.00 bits per heavy atom. The van der Waals surface area contributed by atoms with Gasteiger partial charge in [0.15, 0.2) is 0 Å². The number of pyridine rings is 1. The molecule has 2 heterocycles. The van der Waals surface area contributed by atoms with E-state index >= 15 is 0 Å². The molecule has 0 aliphatic rings. The van der Waals surface area contributed by atoms with Gasteiger partial charge in [-0.05, 0) is 24.6 Å². The SMILES string of the molecule is O=C(NCCCn1ncc2ccccc21)c1ccccn1. The molecule has 5 nitrogen and oxygen atoms in total. The second-order valence-electron chi connectivity index (χ2n) is 4.75. The van der Waals surface area contributed by atoms with Crippen LogP contribution in [0.25, 0.3) is 10.9 Å². The van der Waals surface area contributed by atoms with E-state index in [1.54, 1.807) is 24.4 Å². The number of amides is 1. The van der Waals surface area contributed by atoms with Gasteiger partial charge in [0, 0.05) is 24.7 Å². The minimum absolute atomic E-state index is 0.138. The molecule has 0 saturated heterocycles. The second-order valence-corrected chi connectivity index (χ2v) is 4.75. The molecule has 0 atom stereocenters. The van der Waals surface area contributed by atoms with Gasteiger partial charge in [-0.15, -0.1) is 0 Å².